The van der Waals surface area contributed by atoms with Crippen molar-refractivity contribution in [2.75, 3.05) is 0 Å². The maximum atomic E-state index is 12.3. The van der Waals surface area contributed by atoms with Gasteiger partial charge in [-0.05, 0) is 29.8 Å². The van der Waals surface area contributed by atoms with Gasteiger partial charge in [-0.2, -0.15) is 0 Å². The molecule has 0 aliphatic heterocycles. The summed E-state index contributed by atoms with van der Waals surface area (Å²) in [4.78, 5) is 24.1. The molecule has 3 rings (SSSR count). The molecule has 0 aliphatic rings. The summed E-state index contributed by atoms with van der Waals surface area (Å²) in [5.41, 5.74) is 5.95. The van der Waals surface area contributed by atoms with Crippen LogP contribution in [0.2, 0.25) is 0 Å². The third-order valence-corrected chi connectivity index (χ3v) is 3.40. The number of amides is 2. The van der Waals surface area contributed by atoms with Crippen LogP contribution in [0.3, 0.4) is 0 Å². The number of carbonyl (C=O) groups excluding carboxylic acids is 2. The summed E-state index contributed by atoms with van der Waals surface area (Å²) in [5.74, 6) is -0.491. The Bertz CT molecular complexity index is 845. The van der Waals surface area contributed by atoms with E-state index < -0.39 is 11.8 Å². The van der Waals surface area contributed by atoms with Gasteiger partial charge in [0.05, 0.1) is 11.8 Å². The SMILES string of the molecule is O=C(NNC(=O)c1ccccc1OCc1ccccc1)c1ccco1. The van der Waals surface area contributed by atoms with Crippen molar-refractivity contribution >= 4 is 11.8 Å². The van der Waals surface area contributed by atoms with E-state index in [1.54, 1.807) is 30.3 Å². The molecule has 2 amide bonds. The lowest BCUT2D eigenvalue weighted by Crippen LogP contribution is -2.41. The van der Waals surface area contributed by atoms with Crippen LogP contribution in [0, 0.1) is 0 Å². The van der Waals surface area contributed by atoms with E-state index >= 15 is 0 Å². The minimum Gasteiger partial charge on any atom is -0.488 e. The van der Waals surface area contributed by atoms with E-state index in [9.17, 15) is 9.59 Å². The minimum atomic E-state index is -0.541. The van der Waals surface area contributed by atoms with Gasteiger partial charge in [0.2, 0.25) is 0 Å². The van der Waals surface area contributed by atoms with Crippen molar-refractivity contribution in [3.8, 4) is 5.75 Å². The highest BCUT2D eigenvalue weighted by Crippen LogP contribution is 2.19. The number of hydrazine groups is 1. The summed E-state index contributed by atoms with van der Waals surface area (Å²) in [6.07, 6.45) is 1.38. The predicted molar refractivity (Wildman–Crippen MR) is 90.9 cm³/mol. The number of para-hydroxylation sites is 1. The fraction of sp³-hybridized carbons (Fsp3) is 0.0526. The first-order chi connectivity index (χ1) is 12.2. The van der Waals surface area contributed by atoms with Crippen molar-refractivity contribution in [2.45, 2.75) is 6.61 Å². The van der Waals surface area contributed by atoms with E-state index in [1.165, 1.54) is 12.3 Å². The van der Waals surface area contributed by atoms with E-state index in [0.717, 1.165) is 5.56 Å². The van der Waals surface area contributed by atoms with E-state index in [-0.39, 0.29) is 5.76 Å². The summed E-state index contributed by atoms with van der Waals surface area (Å²) in [6.45, 7) is 0.337. The van der Waals surface area contributed by atoms with Gasteiger partial charge in [0.15, 0.2) is 5.76 Å². The highest BCUT2D eigenvalue weighted by atomic mass is 16.5. The first-order valence-electron chi connectivity index (χ1n) is 7.64. The fourth-order valence-corrected chi connectivity index (χ4v) is 2.17. The van der Waals surface area contributed by atoms with Gasteiger partial charge in [-0.1, -0.05) is 42.5 Å². The Morgan fingerprint density at radius 3 is 2.32 bits per heavy atom. The monoisotopic (exact) mass is 336 g/mol. The first-order valence-corrected chi connectivity index (χ1v) is 7.64. The van der Waals surface area contributed by atoms with Crippen LogP contribution < -0.4 is 15.6 Å². The number of nitrogens with one attached hydrogen (secondary N) is 2. The number of rotatable bonds is 5. The van der Waals surface area contributed by atoms with Crippen molar-refractivity contribution < 1.29 is 18.7 Å². The molecule has 6 nitrogen and oxygen atoms in total. The summed E-state index contributed by atoms with van der Waals surface area (Å²) in [5, 5.41) is 0. The zero-order valence-corrected chi connectivity index (χ0v) is 13.3. The largest absolute Gasteiger partial charge is 0.488 e. The fourth-order valence-electron chi connectivity index (χ4n) is 2.17. The summed E-state index contributed by atoms with van der Waals surface area (Å²) in [6, 6.07) is 19.5. The Morgan fingerprint density at radius 1 is 0.840 bits per heavy atom. The molecule has 6 heteroatoms. The zero-order chi connectivity index (χ0) is 17.5. The van der Waals surface area contributed by atoms with E-state index in [1.807, 2.05) is 30.3 Å². The molecule has 0 bridgehead atoms. The van der Waals surface area contributed by atoms with E-state index in [0.29, 0.717) is 17.9 Å². The Hall–Kier alpha value is -3.54. The summed E-state index contributed by atoms with van der Waals surface area (Å²) < 4.78 is 10.7. The number of hydrogen-bond donors (Lipinski definition) is 2. The third-order valence-electron chi connectivity index (χ3n) is 3.40. The van der Waals surface area contributed by atoms with Crippen molar-refractivity contribution in [1.82, 2.24) is 10.9 Å². The molecule has 0 fully saturated rings. The molecule has 1 aromatic heterocycles. The van der Waals surface area contributed by atoms with E-state index in [2.05, 4.69) is 10.9 Å². The summed E-state index contributed by atoms with van der Waals surface area (Å²) >= 11 is 0. The van der Waals surface area contributed by atoms with Crippen LogP contribution in [-0.4, -0.2) is 11.8 Å². The Kier molecular flexibility index (Phi) is 5.11. The number of ether oxygens (including phenoxy) is 1. The van der Waals surface area contributed by atoms with E-state index in [4.69, 9.17) is 9.15 Å². The second-order valence-electron chi connectivity index (χ2n) is 5.16. The van der Waals surface area contributed by atoms with Crippen LogP contribution in [0.15, 0.2) is 77.4 Å². The number of hydrogen-bond acceptors (Lipinski definition) is 4. The first kappa shape index (κ1) is 16.3. The van der Waals surface area contributed by atoms with Crippen molar-refractivity contribution in [3.05, 3.63) is 89.9 Å². The third kappa shape index (κ3) is 4.26. The summed E-state index contributed by atoms with van der Waals surface area (Å²) in [7, 11) is 0. The van der Waals surface area contributed by atoms with Gasteiger partial charge in [0, 0.05) is 0 Å². The highest BCUT2D eigenvalue weighted by molar-refractivity contribution is 5.99. The van der Waals surface area contributed by atoms with Gasteiger partial charge in [-0.25, -0.2) is 0 Å². The minimum absolute atomic E-state index is 0.105. The van der Waals surface area contributed by atoms with Crippen LogP contribution >= 0.6 is 0 Å². The maximum Gasteiger partial charge on any atom is 0.305 e. The predicted octanol–water partition coefficient (Wildman–Crippen LogP) is 2.93. The van der Waals surface area contributed by atoms with Crippen molar-refractivity contribution in [2.24, 2.45) is 0 Å². The number of benzene rings is 2. The molecule has 0 saturated carbocycles. The number of carbonyl (C=O) groups is 2. The molecule has 0 spiro atoms. The lowest BCUT2D eigenvalue weighted by Gasteiger charge is -2.12. The smallest absolute Gasteiger partial charge is 0.305 e. The lowest BCUT2D eigenvalue weighted by atomic mass is 10.2. The molecule has 126 valence electrons. The van der Waals surface area contributed by atoms with Crippen LogP contribution in [0.4, 0.5) is 0 Å². The molecule has 0 aliphatic carbocycles. The van der Waals surface area contributed by atoms with Gasteiger partial charge in [0.25, 0.3) is 5.91 Å². The van der Waals surface area contributed by atoms with Gasteiger partial charge in [-0.15, -0.1) is 0 Å². The Labute approximate surface area is 144 Å². The van der Waals surface area contributed by atoms with Crippen LogP contribution in [0.5, 0.6) is 5.75 Å². The quantitative estimate of drug-likeness (QED) is 0.702. The lowest BCUT2D eigenvalue weighted by molar-refractivity contribution is 0.0828. The van der Waals surface area contributed by atoms with Crippen LogP contribution in [0.1, 0.15) is 26.5 Å². The second-order valence-corrected chi connectivity index (χ2v) is 5.16. The Morgan fingerprint density at radius 2 is 1.56 bits per heavy atom. The average molecular weight is 336 g/mol. The molecule has 2 N–H and O–H groups in total. The molecule has 0 unspecified atom stereocenters. The molecule has 0 radical (unpaired) electrons. The zero-order valence-electron chi connectivity index (χ0n) is 13.3. The average Bonchev–Trinajstić information content (AvgIpc) is 3.20. The van der Waals surface area contributed by atoms with Gasteiger partial charge in [-0.3, -0.25) is 20.4 Å². The molecule has 3 aromatic rings. The van der Waals surface area contributed by atoms with Crippen LogP contribution in [0.25, 0.3) is 0 Å². The van der Waals surface area contributed by atoms with Crippen molar-refractivity contribution in [3.63, 3.8) is 0 Å². The molecular weight excluding hydrogens is 320 g/mol. The molecular formula is C19H16N2O4. The molecule has 2 aromatic carbocycles. The van der Waals surface area contributed by atoms with Crippen LogP contribution in [-0.2, 0) is 6.61 Å². The highest BCUT2D eigenvalue weighted by Gasteiger charge is 2.14. The molecule has 25 heavy (non-hydrogen) atoms. The normalized spacial score (nSPS) is 10.1. The topological polar surface area (TPSA) is 80.6 Å². The van der Waals surface area contributed by atoms with Crippen molar-refractivity contribution in [1.29, 1.82) is 0 Å². The standard InChI is InChI=1S/C19H16N2O4/c22-18(20-21-19(23)17-11-6-12-24-17)15-9-4-5-10-16(15)25-13-14-7-2-1-3-8-14/h1-12H,13H2,(H,20,22)(H,21,23). The Balaban J connectivity index is 1.63. The van der Waals surface area contributed by atoms with Gasteiger partial charge < -0.3 is 9.15 Å². The molecule has 0 saturated heterocycles. The number of furan rings is 1. The van der Waals surface area contributed by atoms with Gasteiger partial charge in [0.1, 0.15) is 12.4 Å². The molecule has 0 atom stereocenters. The molecule has 1 heterocycles. The second kappa shape index (κ2) is 7.83. The van der Waals surface area contributed by atoms with Gasteiger partial charge >= 0.3 is 5.91 Å². The maximum absolute atomic E-state index is 12.3.